The molecule has 1 saturated heterocycles. The van der Waals surface area contributed by atoms with E-state index in [1.807, 2.05) is 25.1 Å². The lowest BCUT2D eigenvalue weighted by atomic mass is 10.1. The zero-order chi connectivity index (χ0) is 21.4. The number of halogens is 1. The Morgan fingerprint density at radius 1 is 1.19 bits per heavy atom. The molecule has 1 aliphatic rings. The number of sulfone groups is 1. The van der Waals surface area contributed by atoms with Gasteiger partial charge in [0.05, 0.1) is 23.9 Å². The van der Waals surface area contributed by atoms with Gasteiger partial charge in [-0.2, -0.15) is 0 Å². The van der Waals surface area contributed by atoms with Crippen molar-refractivity contribution in [2.75, 3.05) is 32.6 Å². The van der Waals surface area contributed by atoms with Crippen molar-refractivity contribution in [1.82, 2.24) is 10.6 Å². The lowest BCUT2D eigenvalue weighted by Gasteiger charge is -2.18. The highest BCUT2D eigenvalue weighted by atomic mass is 127. The minimum atomic E-state index is -3.33. The largest absolute Gasteiger partial charge is 0.488 e. The van der Waals surface area contributed by atoms with Crippen molar-refractivity contribution < 1.29 is 17.9 Å². The van der Waals surface area contributed by atoms with Gasteiger partial charge in [0.2, 0.25) is 0 Å². The highest BCUT2D eigenvalue weighted by molar-refractivity contribution is 14.0. The van der Waals surface area contributed by atoms with E-state index in [1.165, 1.54) is 0 Å². The molecule has 31 heavy (non-hydrogen) atoms. The molecule has 1 heterocycles. The molecule has 0 amide bonds. The molecule has 0 saturated carbocycles. The van der Waals surface area contributed by atoms with E-state index in [2.05, 4.69) is 15.6 Å². The molecule has 1 aliphatic heterocycles. The molecule has 0 aromatic heterocycles. The first-order valence-corrected chi connectivity index (χ1v) is 11.7. The Bertz CT molecular complexity index is 962. The van der Waals surface area contributed by atoms with Gasteiger partial charge in [0, 0.05) is 32.1 Å². The van der Waals surface area contributed by atoms with Crippen molar-refractivity contribution in [1.29, 1.82) is 0 Å². The molecule has 3 rings (SSSR count). The molecule has 1 atom stereocenters. The van der Waals surface area contributed by atoms with Gasteiger partial charge in [-0.1, -0.05) is 30.3 Å². The topological polar surface area (TPSA) is 89.0 Å². The number of hydrogen-bond acceptors (Lipinski definition) is 5. The zero-order valence-corrected chi connectivity index (χ0v) is 21.0. The van der Waals surface area contributed by atoms with Crippen LogP contribution in [-0.2, 0) is 21.1 Å². The first kappa shape index (κ1) is 25.4. The van der Waals surface area contributed by atoms with E-state index in [0.29, 0.717) is 24.0 Å². The second kappa shape index (κ2) is 12.3. The van der Waals surface area contributed by atoms with Crippen LogP contribution in [0.4, 0.5) is 0 Å². The van der Waals surface area contributed by atoms with Crippen LogP contribution in [0.5, 0.6) is 5.75 Å². The Labute approximate surface area is 201 Å². The quantitative estimate of drug-likeness (QED) is 0.294. The Balaban J connectivity index is 0.00000341. The lowest BCUT2D eigenvalue weighted by Crippen LogP contribution is -2.39. The molecule has 0 bridgehead atoms. The number of nitrogens with one attached hydrogen (secondary N) is 2. The van der Waals surface area contributed by atoms with Crippen LogP contribution in [0.3, 0.4) is 0 Å². The lowest BCUT2D eigenvalue weighted by molar-refractivity contribution is 0.140. The van der Waals surface area contributed by atoms with Gasteiger partial charge >= 0.3 is 0 Å². The SMILES string of the molecule is CN=C(NCCS(=O)(=O)c1ccccc1)NCc1ccc(C)cc1OC1CCOC1.I. The minimum absolute atomic E-state index is 0. The second-order valence-corrected chi connectivity index (χ2v) is 9.31. The van der Waals surface area contributed by atoms with Crippen molar-refractivity contribution in [2.24, 2.45) is 4.99 Å². The second-order valence-electron chi connectivity index (χ2n) is 7.20. The molecule has 1 unspecified atom stereocenters. The van der Waals surface area contributed by atoms with E-state index in [-0.39, 0.29) is 42.4 Å². The Morgan fingerprint density at radius 2 is 1.97 bits per heavy atom. The fourth-order valence-electron chi connectivity index (χ4n) is 3.15. The number of hydrogen-bond donors (Lipinski definition) is 2. The van der Waals surface area contributed by atoms with Crippen LogP contribution in [0.15, 0.2) is 58.4 Å². The summed E-state index contributed by atoms with van der Waals surface area (Å²) in [4.78, 5) is 4.51. The first-order chi connectivity index (χ1) is 14.5. The zero-order valence-electron chi connectivity index (χ0n) is 17.8. The van der Waals surface area contributed by atoms with Gasteiger partial charge in [-0.3, -0.25) is 4.99 Å². The summed E-state index contributed by atoms with van der Waals surface area (Å²) in [6.07, 6.45) is 0.964. The summed E-state index contributed by atoms with van der Waals surface area (Å²) >= 11 is 0. The fourth-order valence-corrected chi connectivity index (χ4v) is 4.33. The first-order valence-electron chi connectivity index (χ1n) is 10.0. The van der Waals surface area contributed by atoms with Gasteiger partial charge in [-0.25, -0.2) is 8.42 Å². The van der Waals surface area contributed by atoms with E-state index in [1.54, 1.807) is 37.4 Å². The molecular weight excluding hydrogens is 529 g/mol. The smallest absolute Gasteiger partial charge is 0.191 e. The minimum Gasteiger partial charge on any atom is -0.488 e. The van der Waals surface area contributed by atoms with Crippen molar-refractivity contribution in [3.8, 4) is 5.75 Å². The predicted octanol–water partition coefficient (Wildman–Crippen LogP) is 2.92. The van der Waals surface area contributed by atoms with E-state index in [4.69, 9.17) is 9.47 Å². The summed E-state index contributed by atoms with van der Waals surface area (Å²) in [7, 11) is -1.68. The van der Waals surface area contributed by atoms with Crippen molar-refractivity contribution in [3.05, 3.63) is 59.7 Å². The number of aliphatic imine (C=N–C) groups is 1. The highest BCUT2D eigenvalue weighted by Crippen LogP contribution is 2.23. The van der Waals surface area contributed by atoms with Crippen LogP contribution < -0.4 is 15.4 Å². The Hall–Kier alpha value is -1.85. The fraction of sp³-hybridized carbons (Fsp3) is 0.409. The van der Waals surface area contributed by atoms with Crippen molar-refractivity contribution in [2.45, 2.75) is 30.9 Å². The summed E-state index contributed by atoms with van der Waals surface area (Å²) in [5, 5.41) is 6.30. The molecule has 170 valence electrons. The summed E-state index contributed by atoms with van der Waals surface area (Å²) in [6.45, 7) is 4.14. The number of ether oxygens (including phenoxy) is 2. The van der Waals surface area contributed by atoms with E-state index in [9.17, 15) is 8.42 Å². The molecule has 0 spiro atoms. The maximum absolute atomic E-state index is 12.4. The van der Waals surface area contributed by atoms with E-state index < -0.39 is 9.84 Å². The number of guanidine groups is 1. The molecule has 0 aliphatic carbocycles. The summed E-state index contributed by atoms with van der Waals surface area (Å²) in [5.74, 6) is 1.35. The molecule has 2 aromatic rings. The Morgan fingerprint density at radius 3 is 2.65 bits per heavy atom. The number of nitrogens with zero attached hydrogens (tertiary/aromatic N) is 1. The molecule has 1 fully saturated rings. The third kappa shape index (κ3) is 7.65. The number of aryl methyl sites for hydroxylation is 1. The van der Waals surface area contributed by atoms with Gasteiger partial charge in [0.15, 0.2) is 15.8 Å². The van der Waals surface area contributed by atoms with Crippen LogP contribution in [0.25, 0.3) is 0 Å². The van der Waals surface area contributed by atoms with Gasteiger partial charge in [-0.15, -0.1) is 24.0 Å². The van der Waals surface area contributed by atoms with Gasteiger partial charge < -0.3 is 20.1 Å². The molecule has 7 nitrogen and oxygen atoms in total. The van der Waals surface area contributed by atoms with Crippen LogP contribution in [0, 0.1) is 6.92 Å². The molecule has 2 N–H and O–H groups in total. The third-order valence-electron chi connectivity index (χ3n) is 4.84. The van der Waals surface area contributed by atoms with Crippen LogP contribution >= 0.6 is 24.0 Å². The van der Waals surface area contributed by atoms with Gasteiger partial charge in [-0.05, 0) is 30.7 Å². The monoisotopic (exact) mass is 559 g/mol. The predicted molar refractivity (Wildman–Crippen MR) is 133 cm³/mol. The molecule has 9 heteroatoms. The normalized spacial score (nSPS) is 16.5. The average molecular weight is 559 g/mol. The van der Waals surface area contributed by atoms with Gasteiger partial charge in [0.25, 0.3) is 0 Å². The maximum Gasteiger partial charge on any atom is 0.191 e. The molecular formula is C22H30IN3O4S. The Kier molecular flexibility index (Phi) is 10.0. The summed E-state index contributed by atoms with van der Waals surface area (Å²) < 4.78 is 36.3. The van der Waals surface area contributed by atoms with Crippen LogP contribution in [0.2, 0.25) is 0 Å². The van der Waals surface area contributed by atoms with E-state index >= 15 is 0 Å². The van der Waals surface area contributed by atoms with Crippen LogP contribution in [-0.4, -0.2) is 53.0 Å². The third-order valence-corrected chi connectivity index (χ3v) is 6.57. The maximum atomic E-state index is 12.4. The molecule has 2 aromatic carbocycles. The van der Waals surface area contributed by atoms with Gasteiger partial charge in [0.1, 0.15) is 11.9 Å². The van der Waals surface area contributed by atoms with E-state index in [0.717, 1.165) is 29.9 Å². The van der Waals surface area contributed by atoms with Crippen molar-refractivity contribution in [3.63, 3.8) is 0 Å². The number of rotatable bonds is 8. The standard InChI is InChI=1S/C22H29N3O4S.HI/c1-17-8-9-18(21(14-17)29-19-10-12-28-16-19)15-25-22(23-2)24-11-13-30(26,27)20-6-4-3-5-7-20;/h3-9,14,19H,10-13,15-16H2,1-2H3,(H2,23,24,25);1H. The number of benzene rings is 2. The van der Waals surface area contributed by atoms with Crippen molar-refractivity contribution >= 4 is 39.8 Å². The summed E-state index contributed by atoms with van der Waals surface area (Å²) in [5.41, 5.74) is 2.13. The van der Waals surface area contributed by atoms with Crippen LogP contribution in [0.1, 0.15) is 17.5 Å². The summed E-state index contributed by atoms with van der Waals surface area (Å²) in [6, 6.07) is 14.6. The molecule has 0 radical (unpaired) electrons. The highest BCUT2D eigenvalue weighted by Gasteiger charge is 2.19. The average Bonchev–Trinajstić information content (AvgIpc) is 3.25.